The summed E-state index contributed by atoms with van der Waals surface area (Å²) in [7, 11) is 1.56. The Bertz CT molecular complexity index is 1110. The van der Waals surface area contributed by atoms with Crippen molar-refractivity contribution in [2.45, 2.75) is 13.5 Å². The van der Waals surface area contributed by atoms with Gasteiger partial charge in [-0.1, -0.05) is 40.2 Å². The van der Waals surface area contributed by atoms with Gasteiger partial charge in [-0.2, -0.15) is 10.1 Å². The summed E-state index contributed by atoms with van der Waals surface area (Å²) >= 11 is 3.38. The number of hydrazone groups is 1. The van der Waals surface area contributed by atoms with E-state index >= 15 is 0 Å². The molecule has 0 unspecified atom stereocenters. The number of nitrogens with one attached hydrogen (secondary N) is 2. The lowest BCUT2D eigenvalue weighted by Gasteiger charge is -2.04. The maximum absolute atomic E-state index is 12.3. The smallest absolute Gasteiger partial charge is 0.299 e. The summed E-state index contributed by atoms with van der Waals surface area (Å²) in [6.45, 7) is 2.31. The molecule has 9 heteroatoms. The Kier molecular flexibility index (Phi) is 5.17. The zero-order chi connectivity index (χ0) is 18.7. The minimum atomic E-state index is -0.511. The van der Waals surface area contributed by atoms with Crippen LogP contribution >= 0.6 is 15.9 Å². The van der Waals surface area contributed by atoms with E-state index in [0.29, 0.717) is 23.7 Å². The number of benzene rings is 1. The minimum Gasteiger partial charge on any atom is -0.299 e. The van der Waals surface area contributed by atoms with Crippen molar-refractivity contribution in [3.05, 3.63) is 67.3 Å². The van der Waals surface area contributed by atoms with E-state index in [9.17, 15) is 9.59 Å². The van der Waals surface area contributed by atoms with E-state index < -0.39 is 11.2 Å². The van der Waals surface area contributed by atoms with Gasteiger partial charge in [0.1, 0.15) is 0 Å². The highest BCUT2D eigenvalue weighted by molar-refractivity contribution is 9.10. The second-order valence-corrected chi connectivity index (χ2v) is 6.44. The molecule has 0 fully saturated rings. The van der Waals surface area contributed by atoms with Crippen LogP contribution in [0, 0.1) is 0 Å². The Morgan fingerprint density at radius 1 is 1.31 bits per heavy atom. The molecule has 0 aliphatic heterocycles. The fourth-order valence-electron chi connectivity index (χ4n) is 2.42. The van der Waals surface area contributed by atoms with Gasteiger partial charge in [0.15, 0.2) is 11.2 Å². The lowest BCUT2D eigenvalue weighted by molar-refractivity contribution is 0.818. The van der Waals surface area contributed by atoms with E-state index in [-0.39, 0.29) is 0 Å². The molecule has 0 bridgehead atoms. The maximum atomic E-state index is 12.3. The molecular formula is C17H17BrN6O2. The first-order valence-electron chi connectivity index (χ1n) is 7.86. The molecular weight excluding hydrogens is 400 g/mol. The van der Waals surface area contributed by atoms with Crippen LogP contribution in [0.2, 0.25) is 0 Å². The Hall–Kier alpha value is -2.94. The SMILES string of the molecule is C/C=C/Cn1c(N/N=C/c2ccc(Br)cc2)nc2c1c(=O)[nH]c(=O)n2C. The summed E-state index contributed by atoms with van der Waals surface area (Å²) in [4.78, 5) is 30.7. The van der Waals surface area contributed by atoms with Gasteiger partial charge in [0.25, 0.3) is 5.56 Å². The van der Waals surface area contributed by atoms with Crippen molar-refractivity contribution >= 4 is 39.3 Å². The fourth-order valence-corrected chi connectivity index (χ4v) is 2.69. The van der Waals surface area contributed by atoms with E-state index in [4.69, 9.17) is 0 Å². The Morgan fingerprint density at radius 3 is 2.73 bits per heavy atom. The monoisotopic (exact) mass is 416 g/mol. The number of halogens is 1. The number of anilines is 1. The number of nitrogens with zero attached hydrogens (tertiary/aromatic N) is 4. The molecule has 134 valence electrons. The molecule has 1 aromatic carbocycles. The van der Waals surface area contributed by atoms with Gasteiger partial charge in [-0.05, 0) is 24.6 Å². The van der Waals surface area contributed by atoms with Crippen molar-refractivity contribution in [2.75, 3.05) is 5.43 Å². The van der Waals surface area contributed by atoms with Crippen LogP contribution in [0.5, 0.6) is 0 Å². The number of fused-ring (bicyclic) bond motifs is 1. The predicted molar refractivity (Wildman–Crippen MR) is 106 cm³/mol. The average Bonchev–Trinajstić information content (AvgIpc) is 2.99. The third-order valence-electron chi connectivity index (χ3n) is 3.78. The van der Waals surface area contributed by atoms with Crippen molar-refractivity contribution in [3.8, 4) is 0 Å². The number of aromatic amines is 1. The third-order valence-corrected chi connectivity index (χ3v) is 4.31. The van der Waals surface area contributed by atoms with Crippen LogP contribution in [0.3, 0.4) is 0 Å². The molecule has 0 amide bonds. The van der Waals surface area contributed by atoms with E-state index in [1.54, 1.807) is 17.8 Å². The molecule has 2 aromatic heterocycles. The molecule has 3 aromatic rings. The topological polar surface area (TPSA) is 97.1 Å². The Labute approximate surface area is 157 Å². The standard InChI is InChI=1S/C17H17BrN6O2/c1-3-4-9-24-13-14(23(2)17(26)21-15(13)25)20-16(24)22-19-10-11-5-7-12(18)8-6-11/h3-8,10H,9H2,1-2H3,(H,20,22)(H,21,25,26)/b4-3+,19-10+. The van der Waals surface area contributed by atoms with Crippen LogP contribution in [-0.2, 0) is 13.6 Å². The fraction of sp³-hybridized carbons (Fsp3) is 0.176. The average molecular weight is 417 g/mol. The van der Waals surface area contributed by atoms with E-state index in [2.05, 4.69) is 36.4 Å². The van der Waals surface area contributed by atoms with Gasteiger partial charge < -0.3 is 0 Å². The largest absolute Gasteiger partial charge is 0.329 e. The van der Waals surface area contributed by atoms with Crippen molar-refractivity contribution in [1.82, 2.24) is 19.1 Å². The summed E-state index contributed by atoms with van der Waals surface area (Å²) in [5, 5.41) is 4.19. The first-order valence-corrected chi connectivity index (χ1v) is 8.66. The van der Waals surface area contributed by atoms with Gasteiger partial charge in [-0.25, -0.2) is 10.2 Å². The second-order valence-electron chi connectivity index (χ2n) is 5.53. The summed E-state index contributed by atoms with van der Waals surface area (Å²) in [6, 6.07) is 7.65. The quantitative estimate of drug-likeness (QED) is 0.378. The van der Waals surface area contributed by atoms with Crippen molar-refractivity contribution in [3.63, 3.8) is 0 Å². The maximum Gasteiger partial charge on any atom is 0.329 e. The number of hydrogen-bond acceptors (Lipinski definition) is 5. The van der Waals surface area contributed by atoms with E-state index in [0.717, 1.165) is 10.0 Å². The van der Waals surface area contributed by atoms with Gasteiger partial charge in [0, 0.05) is 18.1 Å². The zero-order valence-corrected chi connectivity index (χ0v) is 15.8. The third kappa shape index (κ3) is 3.52. The normalized spacial score (nSPS) is 11.8. The first-order chi connectivity index (χ1) is 12.5. The van der Waals surface area contributed by atoms with Gasteiger partial charge in [-0.3, -0.25) is 18.9 Å². The first kappa shape index (κ1) is 17.9. The van der Waals surface area contributed by atoms with Crippen LogP contribution in [0.25, 0.3) is 11.2 Å². The van der Waals surface area contributed by atoms with Gasteiger partial charge in [0.2, 0.25) is 5.95 Å². The van der Waals surface area contributed by atoms with Crippen LogP contribution in [0.4, 0.5) is 5.95 Å². The summed E-state index contributed by atoms with van der Waals surface area (Å²) in [5.41, 5.74) is 3.38. The summed E-state index contributed by atoms with van der Waals surface area (Å²) in [6.07, 6.45) is 5.40. The molecule has 0 saturated carbocycles. The van der Waals surface area contributed by atoms with Crippen LogP contribution in [-0.4, -0.2) is 25.3 Å². The number of allylic oxidation sites excluding steroid dienone is 2. The summed E-state index contributed by atoms with van der Waals surface area (Å²) < 4.78 is 3.95. The van der Waals surface area contributed by atoms with E-state index in [1.807, 2.05) is 43.3 Å². The van der Waals surface area contributed by atoms with Gasteiger partial charge in [0.05, 0.1) is 6.21 Å². The molecule has 8 nitrogen and oxygen atoms in total. The number of H-pyrrole nitrogens is 1. The molecule has 3 rings (SSSR count). The van der Waals surface area contributed by atoms with Crippen molar-refractivity contribution < 1.29 is 0 Å². The highest BCUT2D eigenvalue weighted by Gasteiger charge is 2.16. The number of imidazole rings is 1. The van der Waals surface area contributed by atoms with Gasteiger partial charge >= 0.3 is 5.69 Å². The second kappa shape index (κ2) is 7.52. The summed E-state index contributed by atoms with van der Waals surface area (Å²) in [5.74, 6) is 0.373. The van der Waals surface area contributed by atoms with E-state index in [1.165, 1.54) is 4.57 Å². The number of aryl methyl sites for hydroxylation is 1. The lowest BCUT2D eigenvalue weighted by Crippen LogP contribution is -2.29. The molecule has 26 heavy (non-hydrogen) atoms. The van der Waals surface area contributed by atoms with Crippen molar-refractivity contribution in [2.24, 2.45) is 12.1 Å². The Morgan fingerprint density at radius 2 is 2.04 bits per heavy atom. The molecule has 0 spiro atoms. The number of aromatic nitrogens is 4. The zero-order valence-electron chi connectivity index (χ0n) is 14.2. The molecule has 0 aliphatic rings. The van der Waals surface area contributed by atoms with Crippen LogP contribution < -0.4 is 16.7 Å². The van der Waals surface area contributed by atoms with Crippen LogP contribution in [0.15, 0.2) is 55.6 Å². The van der Waals surface area contributed by atoms with Crippen molar-refractivity contribution in [1.29, 1.82) is 0 Å². The van der Waals surface area contributed by atoms with Gasteiger partial charge in [-0.15, -0.1) is 0 Å². The predicted octanol–water partition coefficient (Wildman–Crippen LogP) is 2.21. The molecule has 2 N–H and O–H groups in total. The number of rotatable bonds is 5. The molecule has 0 radical (unpaired) electrons. The molecule has 0 aliphatic carbocycles. The Balaban J connectivity index is 2.02. The lowest BCUT2D eigenvalue weighted by atomic mass is 10.2. The minimum absolute atomic E-state index is 0.296. The highest BCUT2D eigenvalue weighted by Crippen LogP contribution is 2.15. The molecule has 0 atom stereocenters. The van der Waals surface area contributed by atoms with Crippen LogP contribution in [0.1, 0.15) is 12.5 Å². The highest BCUT2D eigenvalue weighted by atomic mass is 79.9. The number of hydrogen-bond donors (Lipinski definition) is 2. The molecule has 2 heterocycles. The molecule has 0 saturated heterocycles.